The van der Waals surface area contributed by atoms with Gasteiger partial charge in [-0.3, -0.25) is 14.5 Å². The summed E-state index contributed by atoms with van der Waals surface area (Å²) in [5, 5.41) is 5.63. The van der Waals surface area contributed by atoms with Gasteiger partial charge >= 0.3 is 6.03 Å². The number of carbonyl (C=O) groups excluding carboxylic acids is 3. The molecule has 27 heavy (non-hydrogen) atoms. The molecule has 2 aromatic rings. The van der Waals surface area contributed by atoms with E-state index in [9.17, 15) is 14.4 Å². The molecule has 4 amide bonds. The normalized spacial score (nSPS) is 18.9. The lowest BCUT2D eigenvalue weighted by Crippen LogP contribution is -2.48. The average Bonchev–Trinajstić information content (AvgIpc) is 3.11. The number of anilines is 1. The van der Waals surface area contributed by atoms with Crippen molar-refractivity contribution in [2.75, 3.05) is 11.9 Å². The summed E-state index contributed by atoms with van der Waals surface area (Å²) >= 11 is 0. The average molecular weight is 370 g/mol. The summed E-state index contributed by atoms with van der Waals surface area (Å²) < 4.78 is 5.41. The Morgan fingerprint density at radius 3 is 2.85 bits per heavy atom. The number of oxazole rings is 1. The number of carbonyl (C=O) groups is 3. The Morgan fingerprint density at radius 2 is 2.07 bits per heavy atom. The van der Waals surface area contributed by atoms with Crippen LogP contribution in [0.15, 0.2) is 22.6 Å². The minimum atomic E-state index is -0.748. The van der Waals surface area contributed by atoms with Crippen molar-refractivity contribution in [3.8, 4) is 0 Å². The van der Waals surface area contributed by atoms with Gasteiger partial charge in [-0.25, -0.2) is 9.78 Å². The van der Waals surface area contributed by atoms with Crippen LogP contribution in [-0.4, -0.2) is 39.8 Å². The summed E-state index contributed by atoms with van der Waals surface area (Å²) in [6, 6.07) is 4.81. The molecule has 2 heterocycles. The lowest BCUT2D eigenvalue weighted by atomic mass is 9.82. The van der Waals surface area contributed by atoms with E-state index < -0.39 is 11.6 Å². The molecule has 0 radical (unpaired) electrons. The number of fused-ring (bicyclic) bond motifs is 1. The molecule has 1 aliphatic heterocycles. The van der Waals surface area contributed by atoms with Gasteiger partial charge in [-0.1, -0.05) is 19.3 Å². The van der Waals surface area contributed by atoms with Gasteiger partial charge in [0.1, 0.15) is 11.1 Å². The Hall–Kier alpha value is -2.90. The molecule has 2 aliphatic rings. The van der Waals surface area contributed by atoms with Crippen LogP contribution in [0.3, 0.4) is 0 Å². The summed E-state index contributed by atoms with van der Waals surface area (Å²) in [6.45, 7) is 1.83. The maximum atomic E-state index is 12.7. The second-order valence-corrected chi connectivity index (χ2v) is 7.24. The smallest absolute Gasteiger partial charge is 0.325 e. The molecule has 8 nitrogen and oxygen atoms in total. The highest BCUT2D eigenvalue weighted by Crippen LogP contribution is 2.33. The Bertz CT molecular complexity index is 914. The number of hydrogen-bond donors (Lipinski definition) is 2. The molecule has 8 heteroatoms. The number of imide groups is 1. The highest BCUT2D eigenvalue weighted by molar-refractivity contribution is 6.07. The van der Waals surface area contributed by atoms with Crippen molar-refractivity contribution in [3.05, 3.63) is 24.1 Å². The Balaban J connectivity index is 1.37. The summed E-state index contributed by atoms with van der Waals surface area (Å²) in [7, 11) is 0. The highest BCUT2D eigenvalue weighted by atomic mass is 16.3. The molecular formula is C19H22N4O4. The molecule has 0 unspecified atom stereocenters. The largest absolute Gasteiger partial charge is 0.441 e. The third-order valence-corrected chi connectivity index (χ3v) is 5.29. The lowest BCUT2D eigenvalue weighted by molar-refractivity contribution is -0.132. The minimum absolute atomic E-state index is 0.0467. The SMILES string of the molecule is Cc1nc2cc(NC(=O)CCN3C(=O)NC4(CCCCC4)C3=O)ccc2o1. The van der Waals surface area contributed by atoms with Gasteiger partial charge in [0.05, 0.1) is 0 Å². The van der Waals surface area contributed by atoms with Crippen LogP contribution in [0.2, 0.25) is 0 Å². The molecule has 142 valence electrons. The molecule has 1 spiro atoms. The Morgan fingerprint density at radius 1 is 1.30 bits per heavy atom. The van der Waals surface area contributed by atoms with Gasteiger partial charge in [-0.05, 0) is 31.0 Å². The van der Waals surface area contributed by atoms with Crippen LogP contribution in [-0.2, 0) is 9.59 Å². The predicted octanol–water partition coefficient (Wildman–Crippen LogP) is 2.72. The minimum Gasteiger partial charge on any atom is -0.441 e. The van der Waals surface area contributed by atoms with Crippen LogP contribution in [0.5, 0.6) is 0 Å². The molecule has 2 N–H and O–H groups in total. The summed E-state index contributed by atoms with van der Waals surface area (Å²) in [5.74, 6) is 0.0999. The molecule has 1 aromatic carbocycles. The zero-order valence-electron chi connectivity index (χ0n) is 15.2. The first-order valence-corrected chi connectivity index (χ1v) is 9.28. The van der Waals surface area contributed by atoms with Crippen LogP contribution < -0.4 is 10.6 Å². The van der Waals surface area contributed by atoms with Crippen LogP contribution in [0.4, 0.5) is 10.5 Å². The van der Waals surface area contributed by atoms with Gasteiger partial charge in [0.15, 0.2) is 11.5 Å². The number of urea groups is 1. The second kappa shape index (κ2) is 6.68. The van der Waals surface area contributed by atoms with E-state index in [-0.39, 0.29) is 24.8 Å². The number of aromatic nitrogens is 1. The third kappa shape index (κ3) is 3.27. The zero-order chi connectivity index (χ0) is 19.0. The van der Waals surface area contributed by atoms with E-state index >= 15 is 0 Å². The first kappa shape index (κ1) is 17.5. The maximum absolute atomic E-state index is 12.7. The van der Waals surface area contributed by atoms with E-state index in [1.54, 1.807) is 25.1 Å². The van der Waals surface area contributed by atoms with Gasteiger partial charge in [0, 0.05) is 25.6 Å². The Labute approximate surface area is 156 Å². The fraction of sp³-hybridized carbons (Fsp3) is 0.474. The van der Waals surface area contributed by atoms with E-state index in [1.165, 1.54) is 4.90 Å². The van der Waals surface area contributed by atoms with E-state index in [1.807, 2.05) is 0 Å². The van der Waals surface area contributed by atoms with Crippen molar-refractivity contribution >= 4 is 34.6 Å². The number of hydrogen-bond acceptors (Lipinski definition) is 5. The lowest BCUT2D eigenvalue weighted by Gasteiger charge is -2.30. The quantitative estimate of drug-likeness (QED) is 0.805. The van der Waals surface area contributed by atoms with Crippen molar-refractivity contribution in [2.24, 2.45) is 0 Å². The van der Waals surface area contributed by atoms with E-state index in [4.69, 9.17) is 4.42 Å². The van der Waals surface area contributed by atoms with Crippen molar-refractivity contribution in [3.63, 3.8) is 0 Å². The van der Waals surface area contributed by atoms with Crippen LogP contribution >= 0.6 is 0 Å². The first-order chi connectivity index (χ1) is 13.0. The number of nitrogens with one attached hydrogen (secondary N) is 2. The summed E-state index contributed by atoms with van der Waals surface area (Å²) in [6.07, 6.45) is 4.36. The number of amides is 4. The maximum Gasteiger partial charge on any atom is 0.325 e. The summed E-state index contributed by atoms with van der Waals surface area (Å²) in [4.78, 5) is 42.6. The Kier molecular flexibility index (Phi) is 4.33. The monoisotopic (exact) mass is 370 g/mol. The van der Waals surface area contributed by atoms with Crippen molar-refractivity contribution in [1.82, 2.24) is 15.2 Å². The van der Waals surface area contributed by atoms with Crippen molar-refractivity contribution in [2.45, 2.75) is 51.0 Å². The molecule has 2 fully saturated rings. The van der Waals surface area contributed by atoms with E-state index in [0.717, 1.165) is 19.3 Å². The van der Waals surface area contributed by atoms with Crippen molar-refractivity contribution in [1.29, 1.82) is 0 Å². The number of aryl methyl sites for hydroxylation is 1. The zero-order valence-corrected chi connectivity index (χ0v) is 15.2. The summed E-state index contributed by atoms with van der Waals surface area (Å²) in [5.41, 5.74) is 1.17. The van der Waals surface area contributed by atoms with E-state index in [2.05, 4.69) is 15.6 Å². The standard InChI is InChI=1S/C19H22N4O4/c1-12-20-14-11-13(5-6-15(14)27-12)21-16(24)7-10-23-17(25)19(22-18(23)26)8-3-2-4-9-19/h5-6,11H,2-4,7-10H2,1H3,(H,21,24)(H,22,26). The molecule has 1 aromatic heterocycles. The molecule has 1 saturated carbocycles. The van der Waals surface area contributed by atoms with Gasteiger partial charge < -0.3 is 15.1 Å². The van der Waals surface area contributed by atoms with Gasteiger partial charge in [0.25, 0.3) is 5.91 Å². The second-order valence-electron chi connectivity index (χ2n) is 7.24. The number of benzene rings is 1. The molecule has 4 rings (SSSR count). The van der Waals surface area contributed by atoms with Gasteiger partial charge in [-0.15, -0.1) is 0 Å². The van der Waals surface area contributed by atoms with Crippen LogP contribution in [0.1, 0.15) is 44.4 Å². The molecule has 1 aliphatic carbocycles. The topological polar surface area (TPSA) is 105 Å². The molecule has 0 atom stereocenters. The van der Waals surface area contributed by atoms with Crippen LogP contribution in [0, 0.1) is 6.92 Å². The molecule has 1 saturated heterocycles. The molecular weight excluding hydrogens is 348 g/mol. The first-order valence-electron chi connectivity index (χ1n) is 9.28. The number of rotatable bonds is 4. The fourth-order valence-corrected chi connectivity index (χ4v) is 3.93. The van der Waals surface area contributed by atoms with E-state index in [0.29, 0.717) is 35.5 Å². The van der Waals surface area contributed by atoms with Crippen LogP contribution in [0.25, 0.3) is 11.1 Å². The van der Waals surface area contributed by atoms with Gasteiger partial charge in [-0.2, -0.15) is 0 Å². The van der Waals surface area contributed by atoms with Crippen molar-refractivity contribution < 1.29 is 18.8 Å². The predicted molar refractivity (Wildman–Crippen MR) is 98.1 cm³/mol. The van der Waals surface area contributed by atoms with Gasteiger partial charge in [0.2, 0.25) is 5.91 Å². The number of nitrogens with zero attached hydrogens (tertiary/aromatic N) is 2. The highest BCUT2D eigenvalue weighted by Gasteiger charge is 2.51. The molecule has 0 bridgehead atoms. The fourth-order valence-electron chi connectivity index (χ4n) is 3.93. The third-order valence-electron chi connectivity index (χ3n) is 5.29.